The zero-order valence-electron chi connectivity index (χ0n) is 41.4. The van der Waals surface area contributed by atoms with Crippen molar-refractivity contribution in [3.63, 3.8) is 0 Å². The van der Waals surface area contributed by atoms with E-state index in [-0.39, 0.29) is 68.7 Å². The number of likely N-dealkylation sites (tertiary alicyclic amines) is 1. The van der Waals surface area contributed by atoms with Crippen LogP contribution in [0.1, 0.15) is 133 Å². The fourth-order valence-electron chi connectivity index (χ4n) is 9.93. The van der Waals surface area contributed by atoms with E-state index in [1.54, 1.807) is 53.9 Å². The number of carbonyl (C=O) groups excluding carboxylic acids is 7. The first-order valence-corrected chi connectivity index (χ1v) is 24.1. The molecule has 2 aliphatic heterocycles. The summed E-state index contributed by atoms with van der Waals surface area (Å²) in [4.78, 5) is 93.1. The highest BCUT2D eigenvalue weighted by molar-refractivity contribution is 6.39. The number of ketones is 3. The first kappa shape index (κ1) is 60.4. The van der Waals surface area contributed by atoms with Crippen LogP contribution in [0, 0.1) is 35.5 Å². The van der Waals surface area contributed by atoms with E-state index in [0.29, 0.717) is 81.5 Å². The maximum Gasteiger partial charge on any atom is 0.329 e. The maximum absolute atomic E-state index is 14.4. The van der Waals surface area contributed by atoms with Crippen molar-refractivity contribution in [2.75, 3.05) is 27.9 Å². The van der Waals surface area contributed by atoms with Crippen molar-refractivity contribution in [1.82, 2.24) is 4.90 Å². The van der Waals surface area contributed by atoms with Gasteiger partial charge in [-0.25, -0.2) is 4.79 Å². The summed E-state index contributed by atoms with van der Waals surface area (Å²) < 4.78 is 28.8. The van der Waals surface area contributed by atoms with Crippen molar-refractivity contribution in [3.05, 3.63) is 35.5 Å². The highest BCUT2D eigenvalue weighted by Gasteiger charge is 2.53. The van der Waals surface area contributed by atoms with Gasteiger partial charge in [0.25, 0.3) is 11.7 Å². The van der Waals surface area contributed by atoms with Crippen LogP contribution < -0.4 is 0 Å². The van der Waals surface area contributed by atoms with Crippen LogP contribution in [-0.2, 0) is 57.2 Å². The van der Waals surface area contributed by atoms with E-state index in [1.807, 2.05) is 13.8 Å². The standard InChI is InChI=1S/C51H79NO15.CH4/c1-30(14-13-22-53)24-34(5)45(57)47(65-10)46(58)35(6)25-32(3)41(56)29-43(33(4)26-37-17-19-40(55)44(27-37)64-9)66-50(61)39-15-11-12-21-52(39)49(60)48(59)51(62)36(7)16-18-38(67-51)28-42(63-8)31(2)20-23-54;/h13-14,20,22-23,25,30,32-34,36-40,42-44,46-47,55,58,62H,11-12,15-19,21,24,26-29H2,1-10H3;1H4/b14-13+,31-20+,35-25+;/t30-,32-,33-,34-,36-,37+,38+,39+,40-,42+,43?,44-,46-,47+,51-;/m1./s1. The lowest BCUT2D eigenvalue weighted by Crippen LogP contribution is -2.61. The predicted octanol–water partition coefficient (Wildman–Crippen LogP) is 5.64. The fourth-order valence-corrected chi connectivity index (χ4v) is 9.93. The number of hydrogen-bond acceptors (Lipinski definition) is 15. The number of aldehydes is 2. The summed E-state index contributed by atoms with van der Waals surface area (Å²) in [6.45, 7) is 12.1. The molecule has 386 valence electrons. The Morgan fingerprint density at radius 2 is 1.59 bits per heavy atom. The van der Waals surface area contributed by atoms with E-state index in [2.05, 4.69) is 0 Å². The molecule has 0 radical (unpaired) electrons. The van der Waals surface area contributed by atoms with Crippen LogP contribution in [0.3, 0.4) is 0 Å². The van der Waals surface area contributed by atoms with E-state index in [1.165, 1.54) is 26.4 Å². The molecule has 16 heteroatoms. The number of rotatable bonds is 26. The van der Waals surface area contributed by atoms with Gasteiger partial charge in [0.2, 0.25) is 5.79 Å². The van der Waals surface area contributed by atoms with Gasteiger partial charge >= 0.3 is 5.97 Å². The number of aliphatic hydroxyl groups is 3. The van der Waals surface area contributed by atoms with Crippen molar-refractivity contribution >= 4 is 41.8 Å². The van der Waals surface area contributed by atoms with Gasteiger partial charge in [-0.15, -0.1) is 0 Å². The maximum atomic E-state index is 14.4. The minimum Gasteiger partial charge on any atom is -0.460 e. The average Bonchev–Trinajstić information content (AvgIpc) is 3.30. The highest BCUT2D eigenvalue weighted by Crippen LogP contribution is 2.37. The zero-order chi connectivity index (χ0) is 50.2. The molecule has 2 heterocycles. The summed E-state index contributed by atoms with van der Waals surface area (Å²) >= 11 is 0. The van der Waals surface area contributed by atoms with Crippen LogP contribution in [0.15, 0.2) is 35.5 Å². The van der Waals surface area contributed by atoms with Gasteiger partial charge in [-0.1, -0.05) is 54.2 Å². The summed E-state index contributed by atoms with van der Waals surface area (Å²) in [5.41, 5.74) is 0.970. The third-order valence-corrected chi connectivity index (χ3v) is 14.3. The molecule has 16 nitrogen and oxygen atoms in total. The molecule has 15 atom stereocenters. The molecule has 0 aromatic rings. The number of piperidine rings is 1. The third-order valence-electron chi connectivity index (χ3n) is 14.3. The van der Waals surface area contributed by atoms with Gasteiger partial charge in [0, 0.05) is 58.5 Å². The van der Waals surface area contributed by atoms with Gasteiger partial charge in [-0.2, -0.15) is 0 Å². The Morgan fingerprint density at radius 1 is 0.897 bits per heavy atom. The summed E-state index contributed by atoms with van der Waals surface area (Å²) in [7, 11) is 4.35. The lowest BCUT2D eigenvalue weighted by atomic mass is 9.78. The molecule has 0 spiro atoms. The van der Waals surface area contributed by atoms with E-state index < -0.39 is 83.9 Å². The topological polar surface area (TPSA) is 230 Å². The van der Waals surface area contributed by atoms with Gasteiger partial charge in [0.05, 0.1) is 24.4 Å². The van der Waals surface area contributed by atoms with E-state index >= 15 is 0 Å². The summed E-state index contributed by atoms with van der Waals surface area (Å²) in [6, 6.07) is -1.19. The molecular weight excluding hydrogens is 879 g/mol. The van der Waals surface area contributed by atoms with Crippen LogP contribution in [0.2, 0.25) is 0 Å². The molecular formula is C52H83NO15. The first-order chi connectivity index (χ1) is 31.7. The normalized spacial score (nSPS) is 28.5. The van der Waals surface area contributed by atoms with Gasteiger partial charge in [-0.05, 0) is 119 Å². The van der Waals surface area contributed by atoms with E-state index in [0.717, 1.165) is 4.90 Å². The van der Waals surface area contributed by atoms with Gasteiger partial charge < -0.3 is 43.9 Å². The Labute approximate surface area is 404 Å². The summed E-state index contributed by atoms with van der Waals surface area (Å²) in [5, 5.41) is 33.6. The second-order valence-electron chi connectivity index (χ2n) is 19.5. The second-order valence-corrected chi connectivity index (χ2v) is 19.5. The number of allylic oxidation sites excluding steroid dienone is 4. The lowest BCUT2D eigenvalue weighted by Gasteiger charge is -2.42. The molecule has 3 aliphatic rings. The Morgan fingerprint density at radius 3 is 2.21 bits per heavy atom. The van der Waals surface area contributed by atoms with Crippen LogP contribution in [0.25, 0.3) is 0 Å². The molecule has 3 fully saturated rings. The molecule has 1 aliphatic carbocycles. The lowest BCUT2D eigenvalue weighted by molar-refractivity contribution is -0.265. The number of carbonyl (C=O) groups is 7. The molecule has 1 unspecified atom stereocenters. The Hall–Kier alpha value is -3.77. The second kappa shape index (κ2) is 28.8. The van der Waals surface area contributed by atoms with E-state index in [9.17, 15) is 48.9 Å². The van der Waals surface area contributed by atoms with Crippen molar-refractivity contribution in [3.8, 4) is 0 Å². The number of Topliss-reactive ketones (excluding diaryl/α,β-unsaturated/α-hetero) is 3. The number of nitrogens with zero attached hydrogens (tertiary/aromatic N) is 1. The summed E-state index contributed by atoms with van der Waals surface area (Å²) in [6.07, 6.45) is 6.39. The molecule has 2 saturated heterocycles. The predicted molar refractivity (Wildman–Crippen MR) is 255 cm³/mol. The van der Waals surface area contributed by atoms with Gasteiger partial charge in [-0.3, -0.25) is 28.8 Å². The van der Waals surface area contributed by atoms with Crippen LogP contribution >= 0.6 is 0 Å². The Kier molecular flexibility index (Phi) is 25.5. The number of methoxy groups -OCH3 is 3. The van der Waals surface area contributed by atoms with Crippen LogP contribution in [-0.4, -0.2) is 144 Å². The Balaban J connectivity index is 0.0000159. The van der Waals surface area contributed by atoms with Crippen LogP contribution in [0.5, 0.6) is 0 Å². The number of ether oxygens (including phenoxy) is 5. The number of amides is 1. The smallest absolute Gasteiger partial charge is 0.329 e. The SMILES string of the molecule is C.CO[C@@H](C[C@@H]1CC[C@@H](C)[C@](O)(C(=O)C(=O)N2CCCC[C@H]2C(=O)OC(CC(=O)[C@H](C)/C=C(\C)[C@@H](O)[C@@H](OC)C(=O)[C@H](C)C[C@H](C)/C=C/C=O)[C@H](C)C[C@@H]2CC[C@@H](O)[C@H](OC)C2)O1)/C(C)=C/C=O. The van der Waals surface area contributed by atoms with Crippen molar-refractivity contribution in [1.29, 1.82) is 0 Å². The van der Waals surface area contributed by atoms with Gasteiger partial charge in [0.15, 0.2) is 5.78 Å². The Bertz CT molecular complexity index is 1780. The molecule has 68 heavy (non-hydrogen) atoms. The quantitative estimate of drug-likeness (QED) is 0.0313. The van der Waals surface area contributed by atoms with E-state index in [4.69, 9.17) is 23.7 Å². The minimum atomic E-state index is -2.48. The molecule has 0 aromatic carbocycles. The largest absolute Gasteiger partial charge is 0.460 e. The molecule has 3 rings (SSSR count). The number of esters is 1. The summed E-state index contributed by atoms with van der Waals surface area (Å²) in [5.74, 6) is -8.60. The highest BCUT2D eigenvalue weighted by atomic mass is 16.6. The average molecular weight is 962 g/mol. The molecule has 0 aromatic heterocycles. The monoisotopic (exact) mass is 962 g/mol. The molecule has 1 saturated carbocycles. The number of aliphatic hydroxyl groups excluding tert-OH is 2. The van der Waals surface area contributed by atoms with Crippen LogP contribution in [0.4, 0.5) is 0 Å². The van der Waals surface area contributed by atoms with Crippen molar-refractivity contribution in [2.24, 2.45) is 35.5 Å². The fraction of sp³-hybridized carbons (Fsp3) is 0.750. The molecule has 1 amide bonds. The van der Waals surface area contributed by atoms with Crippen molar-refractivity contribution < 1.29 is 72.6 Å². The van der Waals surface area contributed by atoms with Crippen molar-refractivity contribution in [2.45, 2.75) is 187 Å². The zero-order valence-corrected chi connectivity index (χ0v) is 41.4. The number of hydrogen-bond donors (Lipinski definition) is 3. The van der Waals surface area contributed by atoms with Gasteiger partial charge in [0.1, 0.15) is 42.7 Å². The first-order valence-electron chi connectivity index (χ1n) is 24.1. The molecule has 0 bridgehead atoms. The third kappa shape index (κ3) is 16.4. The minimum absolute atomic E-state index is 0. The molecule has 3 N–H and O–H groups in total.